The standard InChI is InChI=1S/C27H27NO5S/c1-3-33-27(30)24(19-16-21-10-6-4-7-11-21)25(26(29)22-12-8-5-9-13-22)28-34(31,32)23-17-14-20(2)15-18-23/h4-19,24-25,28H,3H2,1-2H3/b19-16+/t24-,25-/m1/s1. The van der Waals surface area contributed by atoms with Crippen LogP contribution in [0.4, 0.5) is 0 Å². The summed E-state index contributed by atoms with van der Waals surface area (Å²) >= 11 is 0. The Hall–Kier alpha value is -3.55. The minimum absolute atomic E-state index is 0.00129. The van der Waals surface area contributed by atoms with Crippen molar-refractivity contribution in [3.63, 3.8) is 0 Å². The van der Waals surface area contributed by atoms with Gasteiger partial charge in [-0.05, 0) is 31.5 Å². The maximum atomic E-state index is 13.5. The molecule has 0 radical (unpaired) electrons. The van der Waals surface area contributed by atoms with Gasteiger partial charge in [-0.2, -0.15) is 4.72 Å². The number of esters is 1. The van der Waals surface area contributed by atoms with Crippen molar-refractivity contribution in [2.24, 2.45) is 5.92 Å². The van der Waals surface area contributed by atoms with Crippen LogP contribution in [-0.2, 0) is 19.6 Å². The van der Waals surface area contributed by atoms with Crippen LogP contribution in [0.1, 0.15) is 28.4 Å². The summed E-state index contributed by atoms with van der Waals surface area (Å²) in [6.07, 6.45) is 3.18. The first-order valence-corrected chi connectivity index (χ1v) is 12.4. The molecule has 0 bridgehead atoms. The topological polar surface area (TPSA) is 89.5 Å². The lowest BCUT2D eigenvalue weighted by atomic mass is 9.92. The molecule has 0 saturated carbocycles. The van der Waals surface area contributed by atoms with E-state index in [1.165, 1.54) is 18.2 Å². The number of rotatable bonds is 10. The molecule has 0 unspecified atom stereocenters. The molecular weight excluding hydrogens is 450 g/mol. The smallest absolute Gasteiger partial charge is 0.314 e. The Labute approximate surface area is 200 Å². The van der Waals surface area contributed by atoms with E-state index < -0.39 is 33.7 Å². The van der Waals surface area contributed by atoms with Crippen LogP contribution in [0, 0.1) is 12.8 Å². The van der Waals surface area contributed by atoms with Crippen molar-refractivity contribution < 1.29 is 22.7 Å². The fourth-order valence-electron chi connectivity index (χ4n) is 3.37. The average Bonchev–Trinajstić information content (AvgIpc) is 2.84. The van der Waals surface area contributed by atoms with Crippen molar-refractivity contribution in [3.8, 4) is 0 Å². The molecule has 3 aromatic carbocycles. The predicted octanol–water partition coefficient (Wildman–Crippen LogP) is 4.42. The van der Waals surface area contributed by atoms with E-state index in [-0.39, 0.29) is 17.1 Å². The van der Waals surface area contributed by atoms with Crippen LogP contribution in [0.25, 0.3) is 6.08 Å². The zero-order valence-electron chi connectivity index (χ0n) is 19.0. The molecule has 3 aromatic rings. The Morgan fingerprint density at radius 2 is 1.50 bits per heavy atom. The van der Waals surface area contributed by atoms with Crippen LogP contribution in [0.5, 0.6) is 0 Å². The summed E-state index contributed by atoms with van der Waals surface area (Å²) in [6, 6.07) is 22.3. The van der Waals surface area contributed by atoms with E-state index in [0.717, 1.165) is 11.1 Å². The van der Waals surface area contributed by atoms with E-state index in [1.54, 1.807) is 55.5 Å². The molecule has 3 rings (SSSR count). The Morgan fingerprint density at radius 3 is 2.09 bits per heavy atom. The zero-order chi connectivity index (χ0) is 24.6. The third-order valence-electron chi connectivity index (χ3n) is 5.17. The quantitative estimate of drug-likeness (QED) is 0.345. The van der Waals surface area contributed by atoms with E-state index >= 15 is 0 Å². The van der Waals surface area contributed by atoms with Gasteiger partial charge < -0.3 is 4.74 Å². The van der Waals surface area contributed by atoms with E-state index in [9.17, 15) is 18.0 Å². The van der Waals surface area contributed by atoms with Gasteiger partial charge in [0.1, 0.15) is 6.04 Å². The van der Waals surface area contributed by atoms with Crippen molar-refractivity contribution in [1.29, 1.82) is 0 Å². The van der Waals surface area contributed by atoms with Crippen molar-refractivity contribution in [2.45, 2.75) is 24.8 Å². The highest BCUT2D eigenvalue weighted by molar-refractivity contribution is 7.89. The van der Waals surface area contributed by atoms with Gasteiger partial charge in [0.25, 0.3) is 0 Å². The molecule has 0 aromatic heterocycles. The molecule has 0 amide bonds. The number of aryl methyl sites for hydroxylation is 1. The first kappa shape index (κ1) is 25.1. The van der Waals surface area contributed by atoms with Gasteiger partial charge in [-0.25, -0.2) is 8.42 Å². The highest BCUT2D eigenvalue weighted by Gasteiger charge is 2.37. The molecule has 0 aliphatic heterocycles. The fourth-order valence-corrected chi connectivity index (χ4v) is 4.59. The molecule has 0 heterocycles. The van der Waals surface area contributed by atoms with Gasteiger partial charge in [0.2, 0.25) is 10.0 Å². The Balaban J connectivity index is 2.06. The van der Waals surface area contributed by atoms with Crippen LogP contribution in [0.15, 0.2) is 95.9 Å². The van der Waals surface area contributed by atoms with Crippen molar-refractivity contribution in [3.05, 3.63) is 108 Å². The lowest BCUT2D eigenvalue weighted by molar-refractivity contribution is -0.146. The van der Waals surface area contributed by atoms with Crippen LogP contribution in [0.3, 0.4) is 0 Å². The number of nitrogens with one attached hydrogen (secondary N) is 1. The Kier molecular flexibility index (Phi) is 8.51. The maximum Gasteiger partial charge on any atom is 0.314 e. The van der Waals surface area contributed by atoms with Gasteiger partial charge in [-0.1, -0.05) is 90.5 Å². The second-order valence-electron chi connectivity index (χ2n) is 7.69. The molecule has 2 atom stereocenters. The summed E-state index contributed by atoms with van der Waals surface area (Å²) in [4.78, 5) is 26.4. The third-order valence-corrected chi connectivity index (χ3v) is 6.62. The highest BCUT2D eigenvalue weighted by atomic mass is 32.2. The SMILES string of the molecule is CCOC(=O)[C@H](/C=C/c1ccccc1)[C@@H](NS(=O)(=O)c1ccc(C)cc1)C(=O)c1ccccc1. The molecule has 34 heavy (non-hydrogen) atoms. The largest absolute Gasteiger partial charge is 0.465 e. The van der Waals surface area contributed by atoms with Crippen LogP contribution in [-0.4, -0.2) is 32.8 Å². The Bertz CT molecular complexity index is 1240. The summed E-state index contributed by atoms with van der Waals surface area (Å²) in [5.74, 6) is -2.42. The second-order valence-corrected chi connectivity index (χ2v) is 9.40. The van der Waals surface area contributed by atoms with Gasteiger partial charge >= 0.3 is 5.97 Å². The lowest BCUT2D eigenvalue weighted by Crippen LogP contribution is -2.48. The molecule has 0 aliphatic rings. The number of ether oxygens (including phenoxy) is 1. The monoisotopic (exact) mass is 477 g/mol. The number of carbonyl (C=O) groups excluding carboxylic acids is 2. The molecule has 0 fully saturated rings. The number of ketones is 1. The van der Waals surface area contributed by atoms with Crippen molar-refractivity contribution in [1.82, 2.24) is 4.72 Å². The van der Waals surface area contributed by atoms with E-state index in [0.29, 0.717) is 0 Å². The zero-order valence-corrected chi connectivity index (χ0v) is 19.9. The minimum atomic E-state index is -4.12. The van der Waals surface area contributed by atoms with Gasteiger partial charge in [0, 0.05) is 5.56 Å². The summed E-state index contributed by atoms with van der Waals surface area (Å²) in [5, 5.41) is 0. The molecule has 6 nitrogen and oxygen atoms in total. The Morgan fingerprint density at radius 1 is 0.912 bits per heavy atom. The van der Waals surface area contributed by atoms with Crippen LogP contribution >= 0.6 is 0 Å². The first-order valence-electron chi connectivity index (χ1n) is 10.9. The molecular formula is C27H27NO5S. The fraction of sp³-hybridized carbons (Fsp3) is 0.185. The predicted molar refractivity (Wildman–Crippen MR) is 132 cm³/mol. The van der Waals surface area contributed by atoms with E-state index in [4.69, 9.17) is 4.74 Å². The number of hydrogen-bond acceptors (Lipinski definition) is 5. The van der Waals surface area contributed by atoms with Gasteiger partial charge in [-0.15, -0.1) is 0 Å². The molecule has 1 N–H and O–H groups in total. The van der Waals surface area contributed by atoms with Crippen LogP contribution in [0.2, 0.25) is 0 Å². The first-order chi connectivity index (χ1) is 16.3. The van der Waals surface area contributed by atoms with Crippen molar-refractivity contribution in [2.75, 3.05) is 6.61 Å². The number of Topliss-reactive ketones (excluding diaryl/α,β-unsaturated/α-hetero) is 1. The van der Waals surface area contributed by atoms with E-state index in [1.807, 2.05) is 37.3 Å². The summed E-state index contributed by atoms with van der Waals surface area (Å²) in [7, 11) is -4.12. The minimum Gasteiger partial charge on any atom is -0.465 e. The number of sulfonamides is 1. The summed E-state index contributed by atoms with van der Waals surface area (Å²) in [5.41, 5.74) is 1.97. The normalized spacial score (nSPS) is 13.4. The summed E-state index contributed by atoms with van der Waals surface area (Å²) < 4.78 is 34.1. The lowest BCUT2D eigenvalue weighted by Gasteiger charge is -2.24. The van der Waals surface area contributed by atoms with Crippen LogP contribution < -0.4 is 4.72 Å². The number of carbonyl (C=O) groups is 2. The average molecular weight is 478 g/mol. The van der Waals surface area contributed by atoms with Gasteiger partial charge in [-0.3, -0.25) is 9.59 Å². The molecule has 0 aliphatic carbocycles. The second kappa shape index (κ2) is 11.5. The maximum absolute atomic E-state index is 13.5. The number of benzene rings is 3. The van der Waals surface area contributed by atoms with E-state index in [2.05, 4.69) is 4.72 Å². The van der Waals surface area contributed by atoms with Gasteiger partial charge in [0.15, 0.2) is 5.78 Å². The highest BCUT2D eigenvalue weighted by Crippen LogP contribution is 2.20. The number of hydrogen-bond donors (Lipinski definition) is 1. The van der Waals surface area contributed by atoms with Crippen molar-refractivity contribution >= 4 is 27.9 Å². The molecule has 0 saturated heterocycles. The molecule has 7 heteroatoms. The van der Waals surface area contributed by atoms with Gasteiger partial charge in [0.05, 0.1) is 17.4 Å². The summed E-state index contributed by atoms with van der Waals surface area (Å²) in [6.45, 7) is 3.59. The third kappa shape index (κ3) is 6.50. The molecule has 0 spiro atoms. The molecule has 176 valence electrons.